The van der Waals surface area contributed by atoms with Gasteiger partial charge in [-0.2, -0.15) is 4.37 Å². The number of rotatable bonds is 6. The molecule has 1 atom stereocenters. The summed E-state index contributed by atoms with van der Waals surface area (Å²) in [5.74, 6) is 0.515. The first-order chi connectivity index (χ1) is 9.89. The van der Waals surface area contributed by atoms with E-state index in [0.29, 0.717) is 18.9 Å². The molecular formula is C15H22N4OS. The van der Waals surface area contributed by atoms with Crippen LogP contribution in [-0.4, -0.2) is 47.2 Å². The second-order valence-electron chi connectivity index (χ2n) is 5.73. The van der Waals surface area contributed by atoms with Crippen LogP contribution in [0.5, 0.6) is 0 Å². The fourth-order valence-electron chi connectivity index (χ4n) is 2.31. The molecular weight excluding hydrogens is 284 g/mol. The van der Waals surface area contributed by atoms with Crippen molar-refractivity contribution in [2.24, 2.45) is 0 Å². The van der Waals surface area contributed by atoms with Crippen LogP contribution in [0.25, 0.3) is 11.1 Å². The molecule has 1 unspecified atom stereocenters. The van der Waals surface area contributed by atoms with Crippen LogP contribution in [0, 0.1) is 0 Å². The lowest BCUT2D eigenvalue weighted by Crippen LogP contribution is -2.42. The van der Waals surface area contributed by atoms with Crippen molar-refractivity contribution in [1.82, 2.24) is 9.27 Å². The number of hydrogen-bond acceptors (Lipinski definition) is 6. The lowest BCUT2D eigenvalue weighted by molar-refractivity contribution is 0.0460. The molecule has 5 nitrogen and oxygen atoms in total. The highest BCUT2D eigenvalue weighted by Gasteiger charge is 2.22. The van der Waals surface area contributed by atoms with Crippen molar-refractivity contribution in [3.05, 3.63) is 30.3 Å². The molecule has 0 aliphatic rings. The molecule has 0 saturated heterocycles. The lowest BCUT2D eigenvalue weighted by Gasteiger charge is -2.27. The Morgan fingerprint density at radius 3 is 2.62 bits per heavy atom. The van der Waals surface area contributed by atoms with Crippen LogP contribution >= 0.6 is 11.5 Å². The summed E-state index contributed by atoms with van der Waals surface area (Å²) in [6, 6.07) is 9.91. The first-order valence-corrected chi connectivity index (χ1v) is 7.58. The molecule has 21 heavy (non-hydrogen) atoms. The number of nitrogens with two attached hydrogens (primary N) is 1. The highest BCUT2D eigenvalue weighted by molar-refractivity contribution is 7.11. The molecule has 0 aliphatic heterocycles. The molecule has 0 radical (unpaired) electrons. The van der Waals surface area contributed by atoms with Gasteiger partial charge in [0.15, 0.2) is 0 Å². The molecule has 0 amide bonds. The van der Waals surface area contributed by atoms with Gasteiger partial charge in [0.1, 0.15) is 10.8 Å². The normalized spacial score (nSPS) is 14.1. The Morgan fingerprint density at radius 2 is 2.00 bits per heavy atom. The van der Waals surface area contributed by atoms with Crippen LogP contribution in [0.4, 0.5) is 10.8 Å². The molecule has 0 aliphatic carbocycles. The average Bonchev–Trinajstić information content (AvgIpc) is 2.77. The summed E-state index contributed by atoms with van der Waals surface area (Å²) >= 11 is 1.32. The number of anilines is 2. The van der Waals surface area contributed by atoms with E-state index in [1.807, 2.05) is 56.3 Å². The van der Waals surface area contributed by atoms with E-state index in [1.54, 1.807) is 0 Å². The monoisotopic (exact) mass is 306 g/mol. The minimum absolute atomic E-state index is 0.437. The Balaban J connectivity index is 2.16. The molecule has 0 bridgehead atoms. The van der Waals surface area contributed by atoms with Gasteiger partial charge in [-0.05, 0) is 38.1 Å². The predicted octanol–water partition coefficient (Wildman–Crippen LogP) is 2.12. The number of nitrogen functional groups attached to an aromatic ring is 1. The van der Waals surface area contributed by atoms with Gasteiger partial charge < -0.3 is 21.1 Å². The van der Waals surface area contributed by atoms with Gasteiger partial charge in [-0.25, -0.2) is 0 Å². The highest BCUT2D eigenvalue weighted by Crippen LogP contribution is 2.36. The van der Waals surface area contributed by atoms with Crippen molar-refractivity contribution >= 4 is 22.4 Å². The SMILES string of the molecule is CN(C)CC(C)(O)CNc1snc(N)c1-c1ccccc1. The number of hydrogen-bond donors (Lipinski definition) is 3. The topological polar surface area (TPSA) is 74.4 Å². The van der Waals surface area contributed by atoms with E-state index < -0.39 is 5.60 Å². The summed E-state index contributed by atoms with van der Waals surface area (Å²) in [5.41, 5.74) is 7.09. The number of likely N-dealkylation sites (N-methyl/N-ethyl adjacent to an activating group) is 1. The molecule has 2 aromatic rings. The molecule has 6 heteroatoms. The first-order valence-electron chi connectivity index (χ1n) is 6.80. The summed E-state index contributed by atoms with van der Waals surface area (Å²) in [6.45, 7) is 2.83. The van der Waals surface area contributed by atoms with Crippen molar-refractivity contribution < 1.29 is 5.11 Å². The molecule has 0 saturated carbocycles. The zero-order chi connectivity index (χ0) is 15.5. The summed E-state index contributed by atoms with van der Waals surface area (Å²) in [4.78, 5) is 1.96. The maximum absolute atomic E-state index is 10.4. The number of aromatic nitrogens is 1. The largest absolute Gasteiger partial charge is 0.387 e. The molecule has 1 aromatic heterocycles. The molecule has 1 aromatic carbocycles. The number of aliphatic hydroxyl groups is 1. The van der Waals surface area contributed by atoms with E-state index in [2.05, 4.69) is 9.69 Å². The van der Waals surface area contributed by atoms with Gasteiger partial charge in [0.2, 0.25) is 0 Å². The third-order valence-corrected chi connectivity index (χ3v) is 3.89. The summed E-state index contributed by atoms with van der Waals surface area (Å²) in [6.07, 6.45) is 0. The molecule has 1 heterocycles. The highest BCUT2D eigenvalue weighted by atomic mass is 32.1. The second kappa shape index (κ2) is 6.43. The minimum Gasteiger partial charge on any atom is -0.387 e. The maximum Gasteiger partial charge on any atom is 0.147 e. The zero-order valence-corrected chi connectivity index (χ0v) is 13.4. The lowest BCUT2D eigenvalue weighted by atomic mass is 10.1. The van der Waals surface area contributed by atoms with Crippen LogP contribution < -0.4 is 11.1 Å². The van der Waals surface area contributed by atoms with Crippen LogP contribution in [0.2, 0.25) is 0 Å². The number of nitrogens with zero attached hydrogens (tertiary/aromatic N) is 2. The van der Waals surface area contributed by atoms with Crippen LogP contribution in [0.3, 0.4) is 0 Å². The molecule has 2 rings (SSSR count). The Kier molecular flexibility index (Phi) is 4.82. The predicted molar refractivity (Wildman–Crippen MR) is 89.6 cm³/mol. The standard InChI is InChI=1S/C15H22N4OS/c1-15(20,10-19(2)3)9-17-14-12(13(16)18-21-14)11-7-5-4-6-8-11/h4-8,17,20H,9-10H2,1-3H3,(H2,16,18). The van der Waals surface area contributed by atoms with Crippen molar-refractivity contribution in [3.8, 4) is 11.1 Å². The van der Waals surface area contributed by atoms with E-state index >= 15 is 0 Å². The summed E-state index contributed by atoms with van der Waals surface area (Å²) in [7, 11) is 3.88. The Morgan fingerprint density at radius 1 is 1.33 bits per heavy atom. The van der Waals surface area contributed by atoms with Crippen LogP contribution in [0.1, 0.15) is 6.92 Å². The van der Waals surface area contributed by atoms with Crippen molar-refractivity contribution in [3.63, 3.8) is 0 Å². The quantitative estimate of drug-likeness (QED) is 0.762. The van der Waals surface area contributed by atoms with Crippen LogP contribution in [-0.2, 0) is 0 Å². The van der Waals surface area contributed by atoms with Crippen molar-refractivity contribution in [2.75, 3.05) is 38.2 Å². The summed E-state index contributed by atoms with van der Waals surface area (Å²) in [5, 5.41) is 14.5. The van der Waals surface area contributed by atoms with Gasteiger partial charge in [0.05, 0.1) is 11.2 Å². The molecule has 0 fully saturated rings. The minimum atomic E-state index is -0.823. The number of nitrogens with one attached hydrogen (secondary N) is 1. The van der Waals surface area contributed by atoms with Gasteiger partial charge in [-0.15, -0.1) is 0 Å². The van der Waals surface area contributed by atoms with E-state index in [9.17, 15) is 5.11 Å². The van der Waals surface area contributed by atoms with Crippen molar-refractivity contribution in [2.45, 2.75) is 12.5 Å². The zero-order valence-electron chi connectivity index (χ0n) is 12.6. The molecule has 114 valence electrons. The molecule has 0 spiro atoms. The fraction of sp³-hybridized carbons (Fsp3) is 0.400. The Hall–Kier alpha value is -1.63. The van der Waals surface area contributed by atoms with E-state index in [0.717, 1.165) is 16.1 Å². The fourth-order valence-corrected chi connectivity index (χ4v) is 3.05. The first kappa shape index (κ1) is 15.8. The maximum atomic E-state index is 10.4. The van der Waals surface area contributed by atoms with E-state index in [4.69, 9.17) is 5.73 Å². The van der Waals surface area contributed by atoms with Gasteiger partial charge in [0, 0.05) is 13.1 Å². The average molecular weight is 306 g/mol. The Bertz CT molecular complexity index is 581. The smallest absolute Gasteiger partial charge is 0.147 e. The van der Waals surface area contributed by atoms with Crippen molar-refractivity contribution in [1.29, 1.82) is 0 Å². The van der Waals surface area contributed by atoms with E-state index in [-0.39, 0.29) is 0 Å². The summed E-state index contributed by atoms with van der Waals surface area (Å²) < 4.78 is 4.22. The van der Waals surface area contributed by atoms with Crippen LogP contribution in [0.15, 0.2) is 30.3 Å². The van der Waals surface area contributed by atoms with Gasteiger partial charge >= 0.3 is 0 Å². The van der Waals surface area contributed by atoms with E-state index in [1.165, 1.54) is 11.5 Å². The van der Waals surface area contributed by atoms with Gasteiger partial charge in [-0.1, -0.05) is 30.3 Å². The van der Waals surface area contributed by atoms with Gasteiger partial charge in [0.25, 0.3) is 0 Å². The third kappa shape index (κ3) is 4.17. The number of benzene rings is 1. The Labute approximate surface area is 129 Å². The second-order valence-corrected chi connectivity index (χ2v) is 6.50. The van der Waals surface area contributed by atoms with Gasteiger partial charge in [-0.3, -0.25) is 0 Å². The molecule has 4 N–H and O–H groups in total. The third-order valence-electron chi connectivity index (χ3n) is 3.07.